The zero-order valence-corrected chi connectivity index (χ0v) is 8.15. The smallest absolute Gasteiger partial charge is 0.303 e. The average molecular weight is 212 g/mol. The van der Waals surface area contributed by atoms with Crippen LogP contribution in [-0.2, 0) is 4.79 Å². The molecule has 0 aliphatic rings. The largest absolute Gasteiger partial charge is 0.481 e. The number of carbonyl (C=O) groups is 1. The van der Waals surface area contributed by atoms with Gasteiger partial charge in [-0.05, 0) is 6.42 Å². The molecule has 0 radical (unpaired) electrons. The Labute approximate surface area is 79.6 Å². The van der Waals surface area contributed by atoms with Crippen LogP contribution >= 0.6 is 37.2 Å². The van der Waals surface area contributed by atoms with E-state index in [0.717, 1.165) is 12.8 Å². The first-order valence-electron chi connectivity index (χ1n) is 2.49. The minimum absolute atomic E-state index is 0. The maximum atomic E-state index is 9.76. The van der Waals surface area contributed by atoms with Crippen LogP contribution in [0.25, 0.3) is 0 Å². The number of halogens is 3. The second-order valence-electron chi connectivity index (χ2n) is 1.50. The fraction of sp³-hybridized carbons (Fsp3) is 0.800. The number of unbranched alkanes of at least 4 members (excludes halogenated alkanes) is 1. The summed E-state index contributed by atoms with van der Waals surface area (Å²) in [6.45, 7) is 1.98. The van der Waals surface area contributed by atoms with Crippen molar-refractivity contribution in [2.45, 2.75) is 26.2 Å². The molecule has 66 valence electrons. The van der Waals surface area contributed by atoms with Crippen molar-refractivity contribution in [2.75, 3.05) is 0 Å². The summed E-state index contributed by atoms with van der Waals surface area (Å²) in [5, 5.41) is 8.04. The van der Waals surface area contributed by atoms with Gasteiger partial charge < -0.3 is 5.11 Å². The van der Waals surface area contributed by atoms with Crippen LogP contribution in [0.5, 0.6) is 0 Å². The van der Waals surface area contributed by atoms with Crippen LogP contribution in [0.3, 0.4) is 0 Å². The van der Waals surface area contributed by atoms with Gasteiger partial charge in [0.25, 0.3) is 0 Å². The Kier molecular flexibility index (Phi) is 36.3. The van der Waals surface area contributed by atoms with E-state index in [1.807, 2.05) is 6.92 Å². The van der Waals surface area contributed by atoms with Gasteiger partial charge in [-0.1, -0.05) is 13.3 Å². The van der Waals surface area contributed by atoms with E-state index in [1.165, 1.54) is 0 Å². The Hall–Kier alpha value is 0.340. The third-order valence-corrected chi connectivity index (χ3v) is 0.744. The lowest BCUT2D eigenvalue weighted by Gasteiger charge is -1.85. The topological polar surface area (TPSA) is 37.3 Å². The van der Waals surface area contributed by atoms with Crippen LogP contribution in [-0.4, -0.2) is 11.1 Å². The zero-order chi connectivity index (χ0) is 5.70. The van der Waals surface area contributed by atoms with Crippen molar-refractivity contribution in [1.82, 2.24) is 0 Å². The second kappa shape index (κ2) is 16.2. The van der Waals surface area contributed by atoms with Gasteiger partial charge in [-0.3, -0.25) is 4.79 Å². The Morgan fingerprint density at radius 3 is 1.80 bits per heavy atom. The molecular weight excluding hydrogens is 198 g/mol. The molecule has 0 aliphatic heterocycles. The first-order valence-corrected chi connectivity index (χ1v) is 2.49. The summed E-state index contributed by atoms with van der Waals surface area (Å²) in [5.41, 5.74) is 0. The predicted octanol–water partition coefficient (Wildman–Crippen LogP) is 2.53. The molecule has 0 aromatic heterocycles. The summed E-state index contributed by atoms with van der Waals surface area (Å²) >= 11 is 0. The highest BCUT2D eigenvalue weighted by Gasteiger charge is 1.90. The Morgan fingerprint density at radius 1 is 1.30 bits per heavy atom. The average Bonchev–Trinajstić information content (AvgIpc) is 1.61. The Balaban J connectivity index is -0.0000000600. The highest BCUT2D eigenvalue weighted by atomic mass is 35.5. The molecule has 0 spiro atoms. The van der Waals surface area contributed by atoms with Crippen molar-refractivity contribution in [3.05, 3.63) is 0 Å². The van der Waals surface area contributed by atoms with E-state index < -0.39 is 5.97 Å². The molecule has 0 aromatic carbocycles. The number of rotatable bonds is 3. The van der Waals surface area contributed by atoms with E-state index in [1.54, 1.807) is 0 Å². The van der Waals surface area contributed by atoms with Gasteiger partial charge >= 0.3 is 5.97 Å². The highest BCUT2D eigenvalue weighted by molar-refractivity contribution is 5.86. The van der Waals surface area contributed by atoms with Crippen molar-refractivity contribution < 1.29 is 9.90 Å². The van der Waals surface area contributed by atoms with Gasteiger partial charge in [0.2, 0.25) is 0 Å². The number of carboxylic acids is 1. The lowest BCUT2D eigenvalue weighted by Crippen LogP contribution is -1.91. The predicted molar refractivity (Wildman–Crippen MR) is 48.9 cm³/mol. The van der Waals surface area contributed by atoms with Crippen molar-refractivity contribution in [1.29, 1.82) is 0 Å². The van der Waals surface area contributed by atoms with Crippen LogP contribution in [0.1, 0.15) is 26.2 Å². The molecule has 0 atom stereocenters. The minimum Gasteiger partial charge on any atom is -0.481 e. The number of carboxylic acid groups (broad SMARTS) is 1. The molecule has 0 aliphatic carbocycles. The van der Waals surface area contributed by atoms with E-state index in [-0.39, 0.29) is 37.2 Å². The van der Waals surface area contributed by atoms with Crippen LogP contribution < -0.4 is 0 Å². The molecule has 0 amide bonds. The van der Waals surface area contributed by atoms with E-state index in [9.17, 15) is 4.79 Å². The van der Waals surface area contributed by atoms with Gasteiger partial charge in [0.05, 0.1) is 0 Å². The summed E-state index contributed by atoms with van der Waals surface area (Å²) in [7, 11) is 0. The highest BCUT2D eigenvalue weighted by Crippen LogP contribution is 1.91. The molecule has 0 aromatic rings. The second-order valence-corrected chi connectivity index (χ2v) is 1.50. The summed E-state index contributed by atoms with van der Waals surface area (Å²) in [6, 6.07) is 0. The van der Waals surface area contributed by atoms with Crippen molar-refractivity contribution >= 4 is 43.2 Å². The van der Waals surface area contributed by atoms with Crippen LogP contribution in [0, 0.1) is 0 Å². The fourth-order valence-corrected chi connectivity index (χ4v) is 0.328. The summed E-state index contributed by atoms with van der Waals surface area (Å²) in [5.74, 6) is -0.693. The first-order chi connectivity index (χ1) is 3.27. The van der Waals surface area contributed by atoms with Crippen molar-refractivity contribution in [3.63, 3.8) is 0 Å². The molecular formula is C5H13Cl3O2. The van der Waals surface area contributed by atoms with Gasteiger partial charge in [-0.25, -0.2) is 0 Å². The number of hydrogen-bond acceptors (Lipinski definition) is 1. The van der Waals surface area contributed by atoms with E-state index in [4.69, 9.17) is 5.11 Å². The summed E-state index contributed by atoms with van der Waals surface area (Å²) < 4.78 is 0. The van der Waals surface area contributed by atoms with Gasteiger partial charge in [0.15, 0.2) is 0 Å². The van der Waals surface area contributed by atoms with E-state index >= 15 is 0 Å². The summed E-state index contributed by atoms with van der Waals surface area (Å²) in [6.07, 6.45) is 2.08. The van der Waals surface area contributed by atoms with Gasteiger partial charge in [-0.2, -0.15) is 0 Å². The molecule has 0 saturated carbocycles. The van der Waals surface area contributed by atoms with Crippen LogP contribution in [0.4, 0.5) is 0 Å². The molecule has 1 N–H and O–H groups in total. The molecule has 0 rings (SSSR count). The molecule has 0 bridgehead atoms. The molecule has 5 heteroatoms. The lowest BCUT2D eigenvalue weighted by atomic mass is 10.3. The van der Waals surface area contributed by atoms with Crippen molar-refractivity contribution in [2.24, 2.45) is 0 Å². The zero-order valence-electron chi connectivity index (χ0n) is 5.70. The van der Waals surface area contributed by atoms with Gasteiger partial charge in [-0.15, -0.1) is 37.2 Å². The maximum absolute atomic E-state index is 9.76. The first kappa shape index (κ1) is 22.4. The number of aliphatic carboxylic acids is 1. The molecule has 2 nitrogen and oxygen atoms in total. The molecule has 0 unspecified atom stereocenters. The van der Waals surface area contributed by atoms with Crippen LogP contribution in [0.2, 0.25) is 0 Å². The third-order valence-electron chi connectivity index (χ3n) is 0.744. The minimum atomic E-state index is -0.693. The summed E-state index contributed by atoms with van der Waals surface area (Å²) in [4.78, 5) is 9.76. The van der Waals surface area contributed by atoms with E-state index in [0.29, 0.717) is 6.42 Å². The third kappa shape index (κ3) is 23.9. The SMILES string of the molecule is CCCCC(=O)O.Cl.Cl.Cl. The molecule has 0 saturated heterocycles. The normalized spacial score (nSPS) is 6.10. The van der Waals surface area contributed by atoms with Gasteiger partial charge in [0.1, 0.15) is 0 Å². The molecule has 0 heterocycles. The van der Waals surface area contributed by atoms with Crippen LogP contribution in [0.15, 0.2) is 0 Å². The Bertz CT molecular complexity index is 67.9. The van der Waals surface area contributed by atoms with E-state index in [2.05, 4.69) is 0 Å². The monoisotopic (exact) mass is 210 g/mol. The fourth-order valence-electron chi connectivity index (χ4n) is 0.328. The molecule has 10 heavy (non-hydrogen) atoms. The quantitative estimate of drug-likeness (QED) is 0.779. The lowest BCUT2D eigenvalue weighted by molar-refractivity contribution is -0.137. The standard InChI is InChI=1S/C5H10O2.3ClH/c1-2-3-4-5(6)7;;;/h2-4H2,1H3,(H,6,7);3*1H. The maximum Gasteiger partial charge on any atom is 0.303 e. The number of hydrogen-bond donors (Lipinski definition) is 1. The Morgan fingerprint density at radius 2 is 1.70 bits per heavy atom. The molecule has 0 fully saturated rings. The van der Waals surface area contributed by atoms with Gasteiger partial charge in [0, 0.05) is 6.42 Å². The van der Waals surface area contributed by atoms with Crippen molar-refractivity contribution in [3.8, 4) is 0 Å².